The van der Waals surface area contributed by atoms with Crippen LogP contribution in [-0.2, 0) is 0 Å². The van der Waals surface area contributed by atoms with Gasteiger partial charge < -0.3 is 9.47 Å². The maximum Gasteiger partial charge on any atom is 0.343 e. The second-order valence-corrected chi connectivity index (χ2v) is 13.1. The maximum atomic E-state index is 12.7. The Labute approximate surface area is 250 Å². The molecule has 2 aliphatic carbocycles. The van der Waals surface area contributed by atoms with E-state index in [9.17, 15) is 4.79 Å². The van der Waals surface area contributed by atoms with E-state index in [1.807, 2.05) is 36.4 Å². The number of unbranched alkanes of at least 4 members (excludes halogenated alkanes) is 4. The van der Waals surface area contributed by atoms with E-state index in [1.165, 1.54) is 115 Å². The van der Waals surface area contributed by atoms with Crippen molar-refractivity contribution in [3.05, 3.63) is 59.7 Å². The summed E-state index contributed by atoms with van der Waals surface area (Å²) in [6, 6.07) is 15.6. The third-order valence-corrected chi connectivity index (χ3v) is 9.92. The summed E-state index contributed by atoms with van der Waals surface area (Å²) in [7, 11) is 0. The van der Waals surface area contributed by atoms with Crippen molar-refractivity contribution < 1.29 is 14.3 Å². The zero-order chi connectivity index (χ0) is 28.7. The van der Waals surface area contributed by atoms with E-state index in [2.05, 4.69) is 26.0 Å². The number of benzene rings is 2. The highest BCUT2D eigenvalue weighted by Crippen LogP contribution is 2.38. The topological polar surface area (TPSA) is 35.5 Å². The van der Waals surface area contributed by atoms with Gasteiger partial charge in [-0.2, -0.15) is 0 Å². The Kier molecular flexibility index (Phi) is 13.6. The number of esters is 1. The Morgan fingerprint density at radius 3 is 1.63 bits per heavy atom. The largest absolute Gasteiger partial charge is 0.494 e. The van der Waals surface area contributed by atoms with Crippen molar-refractivity contribution in [2.75, 3.05) is 6.61 Å². The lowest BCUT2D eigenvalue weighted by molar-refractivity contribution is 0.0734. The number of hydrogen-bond donors (Lipinski definition) is 0. The van der Waals surface area contributed by atoms with Crippen LogP contribution in [0.15, 0.2) is 48.5 Å². The first-order valence-electron chi connectivity index (χ1n) is 17.2. The van der Waals surface area contributed by atoms with Crippen molar-refractivity contribution in [1.82, 2.24) is 0 Å². The molecule has 0 bridgehead atoms. The monoisotopic (exact) mass is 560 g/mol. The van der Waals surface area contributed by atoms with Crippen LogP contribution in [0.5, 0.6) is 11.5 Å². The molecule has 0 aromatic heterocycles. The van der Waals surface area contributed by atoms with Crippen LogP contribution < -0.4 is 9.47 Å². The molecule has 41 heavy (non-hydrogen) atoms. The Morgan fingerprint density at radius 2 is 1.10 bits per heavy atom. The third kappa shape index (κ3) is 10.8. The van der Waals surface area contributed by atoms with E-state index in [4.69, 9.17) is 9.47 Å². The zero-order valence-electron chi connectivity index (χ0n) is 26.1. The molecule has 0 amide bonds. The predicted octanol–water partition coefficient (Wildman–Crippen LogP) is 11.3. The molecule has 0 unspecified atom stereocenters. The summed E-state index contributed by atoms with van der Waals surface area (Å²) in [5, 5.41) is 0. The van der Waals surface area contributed by atoms with Crippen LogP contribution in [0.2, 0.25) is 0 Å². The smallest absolute Gasteiger partial charge is 0.343 e. The van der Waals surface area contributed by atoms with Gasteiger partial charge >= 0.3 is 5.97 Å². The molecule has 0 saturated heterocycles. The van der Waals surface area contributed by atoms with Gasteiger partial charge in [-0.25, -0.2) is 4.79 Å². The van der Waals surface area contributed by atoms with Gasteiger partial charge in [0.25, 0.3) is 0 Å². The average molecular weight is 561 g/mol. The number of hydrogen-bond acceptors (Lipinski definition) is 3. The summed E-state index contributed by atoms with van der Waals surface area (Å²) < 4.78 is 11.7. The molecule has 0 radical (unpaired) electrons. The summed E-state index contributed by atoms with van der Waals surface area (Å²) in [6.07, 6.45) is 24.4. The summed E-state index contributed by atoms with van der Waals surface area (Å²) in [6.45, 7) is 5.32. The van der Waals surface area contributed by atoms with Crippen LogP contribution in [0, 0.1) is 17.8 Å². The van der Waals surface area contributed by atoms with E-state index in [-0.39, 0.29) is 5.97 Å². The Balaban J connectivity index is 1.11. The molecule has 2 fully saturated rings. The molecule has 2 aliphatic rings. The highest BCUT2D eigenvalue weighted by atomic mass is 16.5. The van der Waals surface area contributed by atoms with Gasteiger partial charge in [0.05, 0.1) is 12.2 Å². The van der Waals surface area contributed by atoms with E-state index < -0.39 is 0 Å². The first-order chi connectivity index (χ1) is 20.1. The predicted molar refractivity (Wildman–Crippen MR) is 171 cm³/mol. The maximum absolute atomic E-state index is 12.7. The number of ether oxygens (including phenoxy) is 2. The first-order valence-corrected chi connectivity index (χ1v) is 17.2. The fourth-order valence-electron chi connectivity index (χ4n) is 7.18. The van der Waals surface area contributed by atoms with Crippen molar-refractivity contribution >= 4 is 5.97 Å². The average Bonchev–Trinajstić information content (AvgIpc) is 3.01. The Morgan fingerprint density at radius 1 is 0.610 bits per heavy atom. The van der Waals surface area contributed by atoms with Crippen LogP contribution in [0.4, 0.5) is 0 Å². The minimum absolute atomic E-state index is 0.317. The molecule has 0 heterocycles. The minimum Gasteiger partial charge on any atom is -0.494 e. The lowest BCUT2D eigenvalue weighted by Crippen LogP contribution is -2.15. The van der Waals surface area contributed by atoms with E-state index in [1.54, 1.807) is 0 Å². The van der Waals surface area contributed by atoms with Gasteiger partial charge in [0.15, 0.2) is 0 Å². The minimum atomic E-state index is -0.317. The molecular formula is C38H56O3. The van der Waals surface area contributed by atoms with Crippen molar-refractivity contribution in [3.8, 4) is 11.5 Å². The van der Waals surface area contributed by atoms with Gasteiger partial charge in [0, 0.05) is 0 Å². The molecule has 2 saturated carbocycles. The highest BCUT2D eigenvalue weighted by Gasteiger charge is 2.23. The van der Waals surface area contributed by atoms with Crippen LogP contribution >= 0.6 is 0 Å². The van der Waals surface area contributed by atoms with Crippen molar-refractivity contribution in [1.29, 1.82) is 0 Å². The molecule has 3 nitrogen and oxygen atoms in total. The van der Waals surface area contributed by atoms with E-state index >= 15 is 0 Å². The summed E-state index contributed by atoms with van der Waals surface area (Å²) >= 11 is 0. The molecule has 4 rings (SSSR count). The number of rotatable bonds is 16. The van der Waals surface area contributed by atoms with Crippen molar-refractivity contribution in [3.63, 3.8) is 0 Å². The molecule has 0 aliphatic heterocycles. The normalized spacial score (nSPS) is 22.8. The number of carbonyl (C=O) groups excluding carboxylic acids is 1. The molecular weight excluding hydrogens is 504 g/mol. The lowest BCUT2D eigenvalue weighted by atomic mass is 9.77. The molecule has 3 heteroatoms. The van der Waals surface area contributed by atoms with Gasteiger partial charge in [-0.05, 0) is 104 Å². The van der Waals surface area contributed by atoms with Gasteiger partial charge in [0.2, 0.25) is 0 Å². The van der Waals surface area contributed by atoms with Gasteiger partial charge in [-0.1, -0.05) is 103 Å². The van der Waals surface area contributed by atoms with Crippen molar-refractivity contribution in [2.45, 2.75) is 135 Å². The van der Waals surface area contributed by atoms with Gasteiger partial charge in [-0.15, -0.1) is 0 Å². The van der Waals surface area contributed by atoms with Crippen LogP contribution in [0.1, 0.15) is 151 Å². The standard InChI is InChI=1S/C38H56O3/c1-3-5-7-10-30-13-15-32(16-14-30)12-9-29-40-36-25-23-35(24-26-36)38(39)41-37-27-21-34(22-28-37)33-19-17-31(18-20-33)11-8-6-4-2/h21-28,30-33H,3-20,29H2,1-2H3/t30-,31-,32-,33-. The second-order valence-electron chi connectivity index (χ2n) is 13.1. The summed E-state index contributed by atoms with van der Waals surface area (Å²) in [5.74, 6) is 4.54. The fourth-order valence-corrected chi connectivity index (χ4v) is 7.18. The van der Waals surface area contributed by atoms with Crippen molar-refractivity contribution in [2.24, 2.45) is 17.8 Å². The molecule has 226 valence electrons. The molecule has 0 atom stereocenters. The molecule has 0 spiro atoms. The highest BCUT2D eigenvalue weighted by molar-refractivity contribution is 5.91. The SMILES string of the molecule is CCCCC[C@H]1CC[C@H](CCCOc2ccc(C(=O)Oc3ccc([C@H]4CC[C@H](CCCCC)CC4)cc3)cc2)CC1. The van der Waals surface area contributed by atoms with E-state index in [0.29, 0.717) is 17.2 Å². The first kappa shape index (κ1) is 31.6. The number of carbonyl (C=O) groups is 1. The quantitative estimate of drug-likeness (QED) is 0.116. The fraction of sp³-hybridized carbons (Fsp3) is 0.658. The Bertz CT molecular complexity index is 979. The molecule has 0 N–H and O–H groups in total. The lowest BCUT2D eigenvalue weighted by Gasteiger charge is -2.29. The zero-order valence-corrected chi connectivity index (χ0v) is 26.1. The van der Waals surface area contributed by atoms with Crippen LogP contribution in [-0.4, -0.2) is 12.6 Å². The molecule has 2 aromatic carbocycles. The summed E-state index contributed by atoms with van der Waals surface area (Å²) in [5.41, 5.74) is 1.94. The molecule has 2 aromatic rings. The Hall–Kier alpha value is -2.29. The van der Waals surface area contributed by atoms with Crippen LogP contribution in [0.3, 0.4) is 0 Å². The summed E-state index contributed by atoms with van der Waals surface area (Å²) in [4.78, 5) is 12.7. The van der Waals surface area contributed by atoms with E-state index in [0.717, 1.165) is 36.5 Å². The van der Waals surface area contributed by atoms with Crippen LogP contribution in [0.25, 0.3) is 0 Å². The third-order valence-electron chi connectivity index (χ3n) is 9.92. The second kappa shape index (κ2) is 17.6. The van der Waals surface area contributed by atoms with Gasteiger partial charge in [0.1, 0.15) is 11.5 Å². The van der Waals surface area contributed by atoms with Gasteiger partial charge in [-0.3, -0.25) is 0 Å².